The van der Waals surface area contributed by atoms with Crippen molar-refractivity contribution in [3.8, 4) is 0 Å². The fraction of sp³-hybridized carbons (Fsp3) is 0.250. The van der Waals surface area contributed by atoms with Gasteiger partial charge in [-0.2, -0.15) is 0 Å². The van der Waals surface area contributed by atoms with Crippen LogP contribution in [0.1, 0.15) is 16.7 Å². The van der Waals surface area contributed by atoms with Crippen molar-refractivity contribution in [2.75, 3.05) is 6.61 Å². The number of ether oxygens (including phenoxy) is 1. The van der Waals surface area contributed by atoms with Crippen LogP contribution < -0.4 is 0 Å². The number of rotatable bonds is 4. The van der Waals surface area contributed by atoms with Crippen molar-refractivity contribution in [1.82, 2.24) is 15.2 Å². The van der Waals surface area contributed by atoms with Crippen LogP contribution in [0.5, 0.6) is 0 Å². The molecule has 0 bridgehead atoms. The van der Waals surface area contributed by atoms with Gasteiger partial charge in [0, 0.05) is 11.6 Å². The number of esters is 1. The summed E-state index contributed by atoms with van der Waals surface area (Å²) in [4.78, 5) is 15.4. The Balaban J connectivity index is 2.05. The van der Waals surface area contributed by atoms with Gasteiger partial charge in [-0.25, -0.2) is 9.78 Å². The molecule has 0 atom stereocenters. The van der Waals surface area contributed by atoms with Crippen molar-refractivity contribution in [2.45, 2.75) is 15.6 Å². The lowest BCUT2D eigenvalue weighted by atomic mass is 10.7. The SMILES string of the molecule is CCOC(=O)c1nnc(Sc2nccs2)s1. The van der Waals surface area contributed by atoms with Crippen LogP contribution in [0, 0.1) is 0 Å². The number of thiazole rings is 1. The van der Waals surface area contributed by atoms with E-state index in [0.717, 1.165) is 4.34 Å². The van der Waals surface area contributed by atoms with Gasteiger partial charge in [0.2, 0.25) is 5.01 Å². The summed E-state index contributed by atoms with van der Waals surface area (Å²) in [5, 5.41) is 9.82. The molecule has 8 heteroatoms. The highest BCUT2D eigenvalue weighted by Gasteiger charge is 2.14. The van der Waals surface area contributed by atoms with Gasteiger partial charge in [-0.15, -0.1) is 21.5 Å². The van der Waals surface area contributed by atoms with Gasteiger partial charge < -0.3 is 4.74 Å². The zero-order chi connectivity index (χ0) is 11.4. The molecule has 0 N–H and O–H groups in total. The second-order valence-corrected chi connectivity index (χ2v) is 5.86. The minimum absolute atomic E-state index is 0.279. The third kappa shape index (κ3) is 2.77. The molecule has 16 heavy (non-hydrogen) atoms. The van der Waals surface area contributed by atoms with E-state index < -0.39 is 5.97 Å². The molecule has 0 fully saturated rings. The van der Waals surface area contributed by atoms with Gasteiger partial charge in [0.05, 0.1) is 6.61 Å². The van der Waals surface area contributed by atoms with E-state index in [1.807, 2.05) is 5.38 Å². The highest BCUT2D eigenvalue weighted by molar-refractivity contribution is 8.02. The Kier molecular flexibility index (Phi) is 3.86. The van der Waals surface area contributed by atoms with E-state index in [2.05, 4.69) is 15.2 Å². The maximum absolute atomic E-state index is 11.3. The van der Waals surface area contributed by atoms with Crippen LogP contribution in [0.15, 0.2) is 20.3 Å². The first kappa shape index (κ1) is 11.5. The highest BCUT2D eigenvalue weighted by atomic mass is 32.2. The number of hydrogen-bond acceptors (Lipinski definition) is 8. The Labute approximate surface area is 104 Å². The third-order valence-electron chi connectivity index (χ3n) is 1.44. The normalized spacial score (nSPS) is 10.3. The van der Waals surface area contributed by atoms with Gasteiger partial charge in [0.1, 0.15) is 0 Å². The van der Waals surface area contributed by atoms with Gasteiger partial charge in [-0.05, 0) is 18.7 Å². The fourth-order valence-corrected chi connectivity index (χ4v) is 3.43. The van der Waals surface area contributed by atoms with Crippen LogP contribution >= 0.6 is 34.4 Å². The Morgan fingerprint density at radius 2 is 2.38 bits per heavy atom. The van der Waals surface area contributed by atoms with Gasteiger partial charge >= 0.3 is 5.97 Å². The quantitative estimate of drug-likeness (QED) is 0.797. The first-order valence-electron chi connectivity index (χ1n) is 4.37. The standard InChI is InChI=1S/C8H7N3O2S3/c1-2-13-6(12)5-10-11-8(15-5)16-7-9-3-4-14-7/h3-4H,2H2,1H3. The summed E-state index contributed by atoms with van der Waals surface area (Å²) in [7, 11) is 0. The number of carbonyl (C=O) groups is 1. The van der Waals surface area contributed by atoms with E-state index in [0.29, 0.717) is 10.9 Å². The molecule has 0 amide bonds. The van der Waals surface area contributed by atoms with E-state index in [1.165, 1.54) is 34.4 Å². The number of nitrogens with zero attached hydrogens (tertiary/aromatic N) is 3. The molecule has 2 rings (SSSR count). The Morgan fingerprint density at radius 1 is 1.50 bits per heavy atom. The maximum atomic E-state index is 11.3. The molecule has 0 aliphatic heterocycles. The fourth-order valence-electron chi connectivity index (χ4n) is 0.862. The predicted molar refractivity (Wildman–Crippen MR) is 62.1 cm³/mol. The molecule has 2 aromatic rings. The molecule has 2 heterocycles. The molecular formula is C8H7N3O2S3. The van der Waals surface area contributed by atoms with Gasteiger partial charge in [0.15, 0.2) is 8.68 Å². The monoisotopic (exact) mass is 273 g/mol. The van der Waals surface area contributed by atoms with Crippen molar-refractivity contribution in [3.05, 3.63) is 16.6 Å². The van der Waals surface area contributed by atoms with Crippen molar-refractivity contribution in [2.24, 2.45) is 0 Å². The summed E-state index contributed by atoms with van der Waals surface area (Å²) in [5.41, 5.74) is 0. The number of aromatic nitrogens is 3. The minimum atomic E-state index is -0.425. The molecule has 0 spiro atoms. The highest BCUT2D eigenvalue weighted by Crippen LogP contribution is 2.31. The lowest BCUT2D eigenvalue weighted by Crippen LogP contribution is -2.03. The van der Waals surface area contributed by atoms with Crippen molar-refractivity contribution in [3.63, 3.8) is 0 Å². The molecule has 0 saturated carbocycles. The van der Waals surface area contributed by atoms with Crippen LogP contribution in [0.2, 0.25) is 0 Å². The van der Waals surface area contributed by atoms with E-state index in [4.69, 9.17) is 4.74 Å². The molecule has 84 valence electrons. The van der Waals surface area contributed by atoms with E-state index >= 15 is 0 Å². The lowest BCUT2D eigenvalue weighted by molar-refractivity contribution is 0.0525. The van der Waals surface area contributed by atoms with Crippen molar-refractivity contribution in [1.29, 1.82) is 0 Å². The van der Waals surface area contributed by atoms with E-state index in [-0.39, 0.29) is 5.01 Å². The molecule has 5 nitrogen and oxygen atoms in total. The lowest BCUT2D eigenvalue weighted by Gasteiger charge is -1.94. The molecule has 0 aliphatic carbocycles. The third-order valence-corrected chi connectivity index (χ3v) is 4.28. The smallest absolute Gasteiger partial charge is 0.369 e. The summed E-state index contributed by atoms with van der Waals surface area (Å²) in [6.07, 6.45) is 1.72. The molecular weight excluding hydrogens is 266 g/mol. The van der Waals surface area contributed by atoms with Crippen LogP contribution in [0.3, 0.4) is 0 Å². The second kappa shape index (κ2) is 5.37. The van der Waals surface area contributed by atoms with Crippen LogP contribution in [0.25, 0.3) is 0 Å². The molecule has 2 aromatic heterocycles. The topological polar surface area (TPSA) is 65.0 Å². The number of carbonyl (C=O) groups excluding carboxylic acids is 1. The first-order chi connectivity index (χ1) is 7.79. The van der Waals surface area contributed by atoms with E-state index in [9.17, 15) is 4.79 Å². The second-order valence-electron chi connectivity index (χ2n) is 2.49. The van der Waals surface area contributed by atoms with Crippen LogP contribution in [0.4, 0.5) is 0 Å². The molecule has 0 radical (unpaired) electrons. The Hall–Kier alpha value is -0.990. The van der Waals surface area contributed by atoms with Gasteiger partial charge in [0.25, 0.3) is 0 Å². The van der Waals surface area contributed by atoms with Gasteiger partial charge in [-0.1, -0.05) is 11.3 Å². The van der Waals surface area contributed by atoms with E-state index in [1.54, 1.807) is 13.1 Å². The summed E-state index contributed by atoms with van der Waals surface area (Å²) < 4.78 is 6.40. The average Bonchev–Trinajstić information content (AvgIpc) is 2.90. The molecule has 0 unspecified atom stereocenters. The van der Waals surface area contributed by atoms with Crippen LogP contribution in [-0.4, -0.2) is 27.8 Å². The average molecular weight is 273 g/mol. The zero-order valence-corrected chi connectivity index (χ0v) is 10.7. The Bertz CT molecular complexity index is 469. The predicted octanol–water partition coefficient (Wildman–Crippen LogP) is 2.32. The van der Waals surface area contributed by atoms with Crippen LogP contribution in [-0.2, 0) is 4.74 Å². The molecule has 0 aromatic carbocycles. The summed E-state index contributed by atoms with van der Waals surface area (Å²) in [6.45, 7) is 2.09. The summed E-state index contributed by atoms with van der Waals surface area (Å²) in [5.74, 6) is -0.425. The minimum Gasteiger partial charge on any atom is -0.461 e. The summed E-state index contributed by atoms with van der Waals surface area (Å²) in [6, 6.07) is 0. The summed E-state index contributed by atoms with van der Waals surface area (Å²) >= 11 is 4.13. The number of hydrogen-bond donors (Lipinski definition) is 0. The zero-order valence-electron chi connectivity index (χ0n) is 8.24. The Morgan fingerprint density at radius 3 is 3.06 bits per heavy atom. The molecule has 0 aliphatic rings. The van der Waals surface area contributed by atoms with Crippen molar-refractivity contribution < 1.29 is 9.53 Å². The largest absolute Gasteiger partial charge is 0.461 e. The molecule has 0 saturated heterocycles. The van der Waals surface area contributed by atoms with Crippen molar-refractivity contribution >= 4 is 40.4 Å². The first-order valence-corrected chi connectivity index (χ1v) is 6.89. The maximum Gasteiger partial charge on any atom is 0.369 e. The van der Waals surface area contributed by atoms with Gasteiger partial charge in [-0.3, -0.25) is 0 Å².